The third kappa shape index (κ3) is 12.7. The van der Waals surface area contributed by atoms with Gasteiger partial charge < -0.3 is 10.8 Å². The van der Waals surface area contributed by atoms with Gasteiger partial charge in [0.25, 0.3) is 0 Å². The summed E-state index contributed by atoms with van der Waals surface area (Å²) in [4.78, 5) is 0. The first kappa shape index (κ1) is 23.8. The molecule has 21 heavy (non-hydrogen) atoms. The van der Waals surface area contributed by atoms with Crippen molar-refractivity contribution in [3.8, 4) is 0 Å². The van der Waals surface area contributed by atoms with Crippen LogP contribution in [0.4, 0.5) is 0 Å². The van der Waals surface area contributed by atoms with Gasteiger partial charge in [-0.25, -0.2) is 0 Å². The number of hydrogen-bond acceptors (Lipinski definition) is 2. The van der Waals surface area contributed by atoms with Crippen molar-refractivity contribution in [3.05, 3.63) is 0 Å². The van der Waals surface area contributed by atoms with Gasteiger partial charge in [0.2, 0.25) is 0 Å². The van der Waals surface area contributed by atoms with Crippen molar-refractivity contribution in [2.45, 2.75) is 95.9 Å². The van der Waals surface area contributed by atoms with Crippen molar-refractivity contribution < 1.29 is 5.11 Å². The van der Waals surface area contributed by atoms with Gasteiger partial charge in [-0.05, 0) is 39.0 Å². The van der Waals surface area contributed by atoms with Gasteiger partial charge in [-0.15, -0.1) is 24.0 Å². The van der Waals surface area contributed by atoms with E-state index < -0.39 is 0 Å². The molecule has 2 unspecified atom stereocenters. The second-order valence-electron chi connectivity index (χ2n) is 6.72. The summed E-state index contributed by atoms with van der Waals surface area (Å²) in [5, 5.41) is 9.13. The third-order valence-corrected chi connectivity index (χ3v) is 4.67. The first-order valence-electron chi connectivity index (χ1n) is 8.47. The fraction of sp³-hybridized carbons (Fsp3) is 1.00. The first-order valence-corrected chi connectivity index (χ1v) is 8.91. The average Bonchev–Trinajstić information content (AvgIpc) is 2.36. The molecule has 0 aromatic heterocycles. The molecule has 130 valence electrons. The van der Waals surface area contributed by atoms with Crippen LogP contribution in [-0.4, -0.2) is 22.6 Å². The van der Waals surface area contributed by atoms with Gasteiger partial charge in [-0.1, -0.05) is 51.9 Å². The maximum absolute atomic E-state index is 9.00. The Balaban J connectivity index is 0. The van der Waals surface area contributed by atoms with Crippen molar-refractivity contribution >= 4 is 24.0 Å². The van der Waals surface area contributed by atoms with E-state index in [-0.39, 0.29) is 35.8 Å². The molecule has 0 amide bonds. The molecule has 0 aliphatic rings. The first-order chi connectivity index (χ1) is 9.43. The Hall–Kier alpha value is 0.500. The summed E-state index contributed by atoms with van der Waals surface area (Å²) in [5.41, 5.74) is 5.98. The number of alkyl halides is 1. The van der Waals surface area contributed by atoms with Crippen LogP contribution < -0.4 is 5.73 Å². The van der Waals surface area contributed by atoms with Crippen LogP contribution in [0.25, 0.3) is 0 Å². The number of hydrogen-bond donors (Lipinski definition) is 2. The van der Waals surface area contributed by atoms with Crippen molar-refractivity contribution in [3.63, 3.8) is 0 Å². The van der Waals surface area contributed by atoms with E-state index in [9.17, 15) is 0 Å². The van der Waals surface area contributed by atoms with E-state index in [4.69, 9.17) is 22.4 Å². The Bertz CT molecular complexity index is 219. The van der Waals surface area contributed by atoms with E-state index in [1.54, 1.807) is 0 Å². The van der Waals surface area contributed by atoms with Gasteiger partial charge in [-0.3, -0.25) is 0 Å². The van der Waals surface area contributed by atoms with Crippen LogP contribution in [0.1, 0.15) is 85.0 Å². The van der Waals surface area contributed by atoms with Gasteiger partial charge in [0.05, 0.1) is 0 Å². The van der Waals surface area contributed by atoms with Crippen LogP contribution in [0.3, 0.4) is 0 Å². The minimum Gasteiger partial charge on any atom is -0.396 e. The summed E-state index contributed by atoms with van der Waals surface area (Å²) in [7, 11) is 0. The lowest BCUT2D eigenvalue weighted by Gasteiger charge is -2.34. The molecule has 0 saturated heterocycles. The van der Waals surface area contributed by atoms with E-state index in [0.29, 0.717) is 0 Å². The predicted octanol–water partition coefficient (Wildman–Crippen LogP) is 5.28. The Morgan fingerprint density at radius 2 is 1.48 bits per heavy atom. The zero-order chi connectivity index (χ0) is 15.4. The summed E-state index contributed by atoms with van der Waals surface area (Å²) >= 11 is 6.57. The number of nitrogens with two attached hydrogens (primary N) is 1. The maximum Gasteiger partial charge on any atom is 0.0431 e. The quantitative estimate of drug-likeness (QED) is 0.353. The summed E-state index contributed by atoms with van der Waals surface area (Å²) in [6, 6.07) is 0. The van der Waals surface area contributed by atoms with Crippen LogP contribution in [0, 0.1) is 5.92 Å². The number of rotatable bonds is 13. The lowest BCUT2D eigenvalue weighted by molar-refractivity contribution is 0.231. The van der Waals surface area contributed by atoms with E-state index in [1.165, 1.54) is 44.9 Å². The van der Waals surface area contributed by atoms with Crippen LogP contribution >= 0.6 is 24.0 Å². The Morgan fingerprint density at radius 3 is 1.95 bits per heavy atom. The second-order valence-corrected chi connectivity index (χ2v) is 7.28. The lowest BCUT2D eigenvalue weighted by Crippen LogP contribution is -2.45. The molecule has 0 radical (unpaired) electrons. The largest absolute Gasteiger partial charge is 0.396 e. The minimum atomic E-state index is -0.261. The van der Waals surface area contributed by atoms with Crippen LogP contribution in [0.5, 0.6) is 0 Å². The summed E-state index contributed by atoms with van der Waals surface area (Å²) in [6.45, 7) is 6.58. The standard InChI is InChI=1S/C17H36ClNO.ClH/c1-4-5-6-7-8-9-10-13-16(18)15(12-11-14-20)17(2,3)19;/h15-16,20H,4-14,19H2,1-3H3;1H. The molecular weight excluding hydrogens is 305 g/mol. The van der Waals surface area contributed by atoms with E-state index >= 15 is 0 Å². The van der Waals surface area contributed by atoms with E-state index in [2.05, 4.69) is 20.8 Å². The molecule has 0 aromatic carbocycles. The molecule has 0 aromatic rings. The maximum atomic E-state index is 9.00. The van der Waals surface area contributed by atoms with Gasteiger partial charge in [0, 0.05) is 17.5 Å². The van der Waals surface area contributed by atoms with Crippen molar-refractivity contribution in [1.29, 1.82) is 0 Å². The highest BCUT2D eigenvalue weighted by molar-refractivity contribution is 6.20. The molecule has 0 heterocycles. The second kappa shape index (κ2) is 14.1. The summed E-state index contributed by atoms with van der Waals surface area (Å²) < 4.78 is 0. The van der Waals surface area contributed by atoms with Crippen molar-refractivity contribution in [1.82, 2.24) is 0 Å². The van der Waals surface area contributed by atoms with Gasteiger partial charge in [0.1, 0.15) is 0 Å². The number of unbranched alkanes of at least 4 members (excludes halogenated alkanes) is 6. The molecular formula is C17H37Cl2NO. The monoisotopic (exact) mass is 341 g/mol. The summed E-state index contributed by atoms with van der Waals surface area (Å²) in [5.74, 6) is 0.288. The highest BCUT2D eigenvalue weighted by Crippen LogP contribution is 2.30. The van der Waals surface area contributed by atoms with Crippen LogP contribution in [0.2, 0.25) is 0 Å². The zero-order valence-corrected chi connectivity index (χ0v) is 15.8. The average molecular weight is 342 g/mol. The smallest absolute Gasteiger partial charge is 0.0431 e. The van der Waals surface area contributed by atoms with E-state index in [1.807, 2.05) is 0 Å². The Kier molecular flexibility index (Phi) is 16.0. The molecule has 0 spiro atoms. The fourth-order valence-corrected chi connectivity index (χ4v) is 3.43. The molecule has 0 aliphatic carbocycles. The molecule has 2 nitrogen and oxygen atoms in total. The Morgan fingerprint density at radius 1 is 0.952 bits per heavy atom. The fourth-order valence-electron chi connectivity index (χ4n) is 2.83. The summed E-state index contributed by atoms with van der Waals surface area (Å²) in [6.07, 6.45) is 12.0. The molecule has 0 fully saturated rings. The van der Waals surface area contributed by atoms with Gasteiger partial charge in [-0.2, -0.15) is 0 Å². The van der Waals surface area contributed by atoms with Crippen molar-refractivity contribution in [2.24, 2.45) is 11.7 Å². The van der Waals surface area contributed by atoms with Crippen LogP contribution in [0.15, 0.2) is 0 Å². The van der Waals surface area contributed by atoms with Crippen molar-refractivity contribution in [2.75, 3.05) is 6.61 Å². The highest BCUT2D eigenvalue weighted by Gasteiger charge is 2.30. The molecule has 4 heteroatoms. The van der Waals surface area contributed by atoms with E-state index in [0.717, 1.165) is 19.3 Å². The predicted molar refractivity (Wildman–Crippen MR) is 97.6 cm³/mol. The zero-order valence-electron chi connectivity index (χ0n) is 14.2. The molecule has 0 aliphatic heterocycles. The van der Waals surface area contributed by atoms with Gasteiger partial charge >= 0.3 is 0 Å². The molecule has 0 rings (SSSR count). The number of aliphatic hydroxyl groups excluding tert-OH is 1. The highest BCUT2D eigenvalue weighted by atomic mass is 35.5. The minimum absolute atomic E-state index is 0. The molecule has 0 bridgehead atoms. The number of aliphatic hydroxyl groups is 1. The third-order valence-electron chi connectivity index (χ3n) is 4.15. The molecule has 3 N–H and O–H groups in total. The van der Waals surface area contributed by atoms with Crippen LogP contribution in [-0.2, 0) is 0 Å². The van der Waals surface area contributed by atoms with Gasteiger partial charge in [0.15, 0.2) is 0 Å². The molecule has 2 atom stereocenters. The topological polar surface area (TPSA) is 46.2 Å². The normalized spacial score (nSPS) is 14.6. The SMILES string of the molecule is CCCCCCCCCC(Cl)C(CCCO)C(C)(C)N.Cl. The number of halogens is 2. The lowest BCUT2D eigenvalue weighted by atomic mass is 9.80. The molecule has 0 saturated carbocycles. The Labute approximate surface area is 143 Å².